The summed E-state index contributed by atoms with van der Waals surface area (Å²) >= 11 is 0. The average Bonchev–Trinajstić information content (AvgIpc) is 2.15. The van der Waals surface area contributed by atoms with Crippen LogP contribution in [0.3, 0.4) is 0 Å². The van der Waals surface area contributed by atoms with Crippen molar-refractivity contribution in [1.29, 1.82) is 0 Å². The summed E-state index contributed by atoms with van der Waals surface area (Å²) < 4.78 is 16.6. The summed E-state index contributed by atoms with van der Waals surface area (Å²) in [6, 6.07) is 0. The van der Waals surface area contributed by atoms with Gasteiger partial charge in [-0.25, -0.2) is 0 Å². The Kier molecular flexibility index (Phi) is 11.7. The predicted molar refractivity (Wildman–Crippen MR) is 58.6 cm³/mol. The molecular formula is C8H12B2O8. The maximum absolute atomic E-state index is 9.98. The smallest absolute Gasteiger partial charge is 0.500 e. The predicted octanol–water partition coefficient (Wildman–Crippen LogP) is -0.706. The Bertz CT molecular complexity index is 245. The zero-order valence-corrected chi connectivity index (χ0v) is 10.4. The van der Waals surface area contributed by atoms with Crippen LogP contribution in [0, 0.1) is 0 Å². The van der Waals surface area contributed by atoms with E-state index in [0.717, 1.165) is 0 Å². The summed E-state index contributed by atoms with van der Waals surface area (Å²) in [5.74, 6) is -2.07. The lowest BCUT2D eigenvalue weighted by atomic mass is 10.4. The average molecular weight is 258 g/mol. The van der Waals surface area contributed by atoms with E-state index in [1.807, 2.05) is 0 Å². The lowest BCUT2D eigenvalue weighted by Crippen LogP contribution is -2.11. The Balaban J connectivity index is 0. The van der Waals surface area contributed by atoms with E-state index in [0.29, 0.717) is 15.4 Å². The first-order valence-electron chi connectivity index (χ1n) is 4.58. The molecule has 0 N–H and O–H groups in total. The molecular weight excluding hydrogens is 246 g/mol. The van der Waals surface area contributed by atoms with Crippen molar-refractivity contribution < 1.29 is 37.8 Å². The van der Waals surface area contributed by atoms with Gasteiger partial charge in [0.05, 0.1) is 0 Å². The SMILES string of the molecule is CC(=O)O[B]OC(C)=O.CC(=O)O[B]OC(C)=O. The van der Waals surface area contributed by atoms with Gasteiger partial charge in [0.1, 0.15) is 0 Å². The highest BCUT2D eigenvalue weighted by atomic mass is 16.6. The minimum Gasteiger partial charge on any atom is -0.500 e. The van der Waals surface area contributed by atoms with E-state index in [9.17, 15) is 19.2 Å². The number of carbonyl (C=O) groups is 4. The van der Waals surface area contributed by atoms with Gasteiger partial charge in [0.15, 0.2) is 0 Å². The normalized spacial score (nSPS) is 7.78. The third-order valence-electron chi connectivity index (χ3n) is 0.856. The highest BCUT2D eigenvalue weighted by molar-refractivity contribution is 6.25. The Labute approximate surface area is 106 Å². The quantitative estimate of drug-likeness (QED) is 0.609. The molecule has 0 atom stereocenters. The Morgan fingerprint density at radius 3 is 0.833 bits per heavy atom. The number of rotatable bonds is 4. The van der Waals surface area contributed by atoms with E-state index in [1.165, 1.54) is 27.7 Å². The molecule has 98 valence electrons. The molecule has 0 aliphatic carbocycles. The Morgan fingerprint density at radius 2 is 0.722 bits per heavy atom. The minimum atomic E-state index is -0.517. The van der Waals surface area contributed by atoms with Crippen LogP contribution in [0.15, 0.2) is 0 Å². The first-order chi connectivity index (χ1) is 8.25. The molecule has 0 unspecified atom stereocenters. The molecule has 10 heteroatoms. The van der Waals surface area contributed by atoms with Crippen LogP contribution in [0.1, 0.15) is 27.7 Å². The third kappa shape index (κ3) is 23.7. The Hall–Kier alpha value is -1.99. The molecule has 8 nitrogen and oxygen atoms in total. The summed E-state index contributed by atoms with van der Waals surface area (Å²) in [5, 5.41) is 0. The highest BCUT2D eigenvalue weighted by Crippen LogP contribution is 1.76. The fourth-order valence-corrected chi connectivity index (χ4v) is 0.319. The summed E-state index contributed by atoms with van der Waals surface area (Å²) in [5.41, 5.74) is 0. The number of carbonyl (C=O) groups excluding carboxylic acids is 4. The van der Waals surface area contributed by atoms with Crippen molar-refractivity contribution in [3.8, 4) is 0 Å². The van der Waals surface area contributed by atoms with Crippen LogP contribution in [0.4, 0.5) is 0 Å². The molecule has 0 aromatic heterocycles. The van der Waals surface area contributed by atoms with Crippen LogP contribution in [0.5, 0.6) is 0 Å². The largest absolute Gasteiger partial charge is 0.662 e. The summed E-state index contributed by atoms with van der Waals surface area (Å²) in [6.45, 7) is 4.83. The molecule has 0 amide bonds. The van der Waals surface area contributed by atoms with E-state index in [2.05, 4.69) is 18.6 Å². The molecule has 0 heterocycles. The van der Waals surface area contributed by atoms with Gasteiger partial charge in [-0.05, 0) is 0 Å². The molecule has 0 bridgehead atoms. The third-order valence-corrected chi connectivity index (χ3v) is 0.856. The van der Waals surface area contributed by atoms with Crippen LogP contribution >= 0.6 is 0 Å². The van der Waals surface area contributed by atoms with Gasteiger partial charge in [-0.15, -0.1) is 0 Å². The van der Waals surface area contributed by atoms with Gasteiger partial charge >= 0.3 is 15.4 Å². The summed E-state index contributed by atoms with van der Waals surface area (Å²) in [6.07, 6.45) is 0. The zero-order valence-electron chi connectivity index (χ0n) is 10.4. The second-order valence-electron chi connectivity index (χ2n) is 2.63. The molecule has 2 radical (unpaired) electrons. The van der Waals surface area contributed by atoms with Gasteiger partial charge in [-0.1, -0.05) is 0 Å². The number of hydrogen-bond donors (Lipinski definition) is 0. The Morgan fingerprint density at radius 1 is 0.556 bits per heavy atom. The standard InChI is InChI=1S/2C4H6BO4/c2*1-3(6)8-5-9-4(2)7/h2*1-2H3. The van der Waals surface area contributed by atoms with Crippen LogP contribution in [-0.4, -0.2) is 39.2 Å². The van der Waals surface area contributed by atoms with E-state index in [4.69, 9.17) is 0 Å². The topological polar surface area (TPSA) is 105 Å². The van der Waals surface area contributed by atoms with Gasteiger partial charge < -0.3 is 18.6 Å². The summed E-state index contributed by atoms with van der Waals surface area (Å²) in [4.78, 5) is 39.9. The second-order valence-corrected chi connectivity index (χ2v) is 2.63. The van der Waals surface area contributed by atoms with Crippen LogP contribution in [-0.2, 0) is 37.8 Å². The lowest BCUT2D eigenvalue weighted by Gasteiger charge is -1.95. The van der Waals surface area contributed by atoms with Gasteiger partial charge in [0, 0.05) is 27.7 Å². The molecule has 0 aliphatic rings. The molecule has 0 rings (SSSR count). The molecule has 0 aromatic rings. The van der Waals surface area contributed by atoms with E-state index in [-0.39, 0.29) is 0 Å². The highest BCUT2D eigenvalue weighted by Gasteiger charge is 2.02. The van der Waals surface area contributed by atoms with Crippen molar-refractivity contribution in [1.82, 2.24) is 0 Å². The second kappa shape index (κ2) is 11.5. The minimum absolute atomic E-state index is 0.517. The van der Waals surface area contributed by atoms with Crippen LogP contribution in [0.25, 0.3) is 0 Å². The molecule has 0 aromatic carbocycles. The molecule has 0 aliphatic heterocycles. The molecule has 0 saturated heterocycles. The monoisotopic (exact) mass is 258 g/mol. The zero-order chi connectivity index (χ0) is 14.6. The van der Waals surface area contributed by atoms with Gasteiger partial charge in [0.2, 0.25) is 0 Å². The van der Waals surface area contributed by atoms with E-state index < -0.39 is 23.9 Å². The molecule has 0 fully saturated rings. The van der Waals surface area contributed by atoms with Crippen molar-refractivity contribution in [3.63, 3.8) is 0 Å². The maximum atomic E-state index is 9.98. The first kappa shape index (κ1) is 18.4. The van der Waals surface area contributed by atoms with Crippen molar-refractivity contribution in [2.45, 2.75) is 27.7 Å². The van der Waals surface area contributed by atoms with Crippen molar-refractivity contribution >= 4 is 39.2 Å². The van der Waals surface area contributed by atoms with Gasteiger partial charge in [-0.3, -0.25) is 19.2 Å². The van der Waals surface area contributed by atoms with E-state index >= 15 is 0 Å². The maximum Gasteiger partial charge on any atom is 0.662 e. The van der Waals surface area contributed by atoms with Gasteiger partial charge in [0.25, 0.3) is 23.9 Å². The molecule has 0 spiro atoms. The van der Waals surface area contributed by atoms with Gasteiger partial charge in [-0.2, -0.15) is 0 Å². The number of hydrogen-bond acceptors (Lipinski definition) is 8. The van der Waals surface area contributed by atoms with Crippen molar-refractivity contribution in [2.75, 3.05) is 0 Å². The lowest BCUT2D eigenvalue weighted by molar-refractivity contribution is -0.138. The first-order valence-corrected chi connectivity index (χ1v) is 4.58. The van der Waals surface area contributed by atoms with Crippen molar-refractivity contribution in [3.05, 3.63) is 0 Å². The van der Waals surface area contributed by atoms with E-state index in [1.54, 1.807) is 0 Å². The fourth-order valence-electron chi connectivity index (χ4n) is 0.319. The molecule has 18 heavy (non-hydrogen) atoms. The summed E-state index contributed by atoms with van der Waals surface area (Å²) in [7, 11) is 1.40. The fraction of sp³-hybridized carbons (Fsp3) is 0.500. The van der Waals surface area contributed by atoms with Crippen molar-refractivity contribution in [2.24, 2.45) is 0 Å². The molecule has 0 saturated carbocycles. The van der Waals surface area contributed by atoms with Crippen LogP contribution in [0.2, 0.25) is 0 Å². The van der Waals surface area contributed by atoms with Crippen LogP contribution < -0.4 is 0 Å².